The van der Waals surface area contributed by atoms with Gasteiger partial charge in [0.25, 0.3) is 5.91 Å². The van der Waals surface area contributed by atoms with Crippen LogP contribution in [0.1, 0.15) is 46.7 Å². The molecule has 0 saturated carbocycles. The number of nitrogens with zero attached hydrogens (tertiary/aromatic N) is 5. The van der Waals surface area contributed by atoms with Crippen LogP contribution in [0, 0.1) is 18.7 Å². The predicted molar refractivity (Wildman–Crippen MR) is 121 cm³/mol. The number of pyridine rings is 1. The van der Waals surface area contributed by atoms with Crippen molar-refractivity contribution in [3.63, 3.8) is 0 Å². The van der Waals surface area contributed by atoms with Crippen molar-refractivity contribution >= 4 is 28.3 Å². The molecule has 0 spiro atoms. The number of halogens is 4. The van der Waals surface area contributed by atoms with E-state index in [1.165, 1.54) is 23.4 Å². The van der Waals surface area contributed by atoms with Crippen LogP contribution in [0.15, 0.2) is 30.6 Å². The van der Waals surface area contributed by atoms with Gasteiger partial charge in [0, 0.05) is 18.2 Å². The summed E-state index contributed by atoms with van der Waals surface area (Å²) in [7, 11) is 0. The molecule has 2 aliphatic rings. The lowest BCUT2D eigenvalue weighted by molar-refractivity contribution is -0.141. The van der Waals surface area contributed by atoms with Gasteiger partial charge in [0.1, 0.15) is 35.3 Å². The lowest BCUT2D eigenvalue weighted by atomic mass is 9.88. The average molecular weight is 500 g/mol. The van der Waals surface area contributed by atoms with Crippen LogP contribution >= 0.6 is 0 Å². The number of benzene rings is 1. The minimum absolute atomic E-state index is 0.0282. The zero-order chi connectivity index (χ0) is 25.5. The van der Waals surface area contributed by atoms with Gasteiger partial charge in [-0.1, -0.05) is 6.92 Å². The van der Waals surface area contributed by atoms with E-state index in [1.807, 2.05) is 6.92 Å². The first kappa shape index (κ1) is 22.5. The molecule has 2 aliphatic heterocycles. The van der Waals surface area contributed by atoms with Crippen LogP contribution in [0.4, 0.5) is 23.4 Å². The van der Waals surface area contributed by atoms with E-state index >= 15 is 4.39 Å². The summed E-state index contributed by atoms with van der Waals surface area (Å²) in [5.41, 5.74) is 7.04. The number of hydrogen-bond acceptors (Lipinski definition) is 6. The Bertz CT molecular complexity index is 1570. The van der Waals surface area contributed by atoms with Crippen LogP contribution in [0.3, 0.4) is 0 Å². The summed E-state index contributed by atoms with van der Waals surface area (Å²) in [5.74, 6) is -1.38. The number of fused-ring (bicyclic) bond motifs is 6. The molecule has 3 aromatic heterocycles. The maximum absolute atomic E-state index is 15.3. The quantitative estimate of drug-likeness (QED) is 0.391. The minimum Gasteiger partial charge on any atom is -0.471 e. The van der Waals surface area contributed by atoms with E-state index in [-0.39, 0.29) is 35.2 Å². The van der Waals surface area contributed by atoms with Gasteiger partial charge in [-0.2, -0.15) is 13.2 Å². The van der Waals surface area contributed by atoms with Crippen molar-refractivity contribution in [2.75, 3.05) is 12.3 Å². The number of ether oxygens (including phenoxy) is 1. The molecular weight excluding hydrogens is 480 g/mol. The number of anilines is 1. The van der Waals surface area contributed by atoms with E-state index in [9.17, 15) is 18.0 Å². The number of aryl methyl sites for hydroxylation is 1. The van der Waals surface area contributed by atoms with E-state index in [4.69, 9.17) is 10.5 Å². The Morgan fingerprint density at radius 2 is 2.00 bits per heavy atom. The molecule has 4 aromatic rings. The second kappa shape index (κ2) is 7.52. The van der Waals surface area contributed by atoms with E-state index in [2.05, 4.69) is 15.0 Å². The standard InChI is InChI=1S/C24H20F4N6O2/c1-10-5-17-20(12-3-4-18(24(26,27)28)32-22(12)36-17)33(8-10)23(35)13-6-16-15(7-14(13)25)31-21(29)19-11(2)30-9-34(16)19/h3-4,6-7,9-10,17,20H,5,8H2,1-2H3,(H2,29,31)/t10-,17+,20+/m1/s1. The summed E-state index contributed by atoms with van der Waals surface area (Å²) in [6.45, 7) is 3.94. The molecule has 5 heterocycles. The SMILES string of the molecule is Cc1ncn2c1c(N)nc1cc(F)c(C(=O)N3C[C@H](C)C[C@@H]4Oc5nc(C(F)(F)F)ccc5[C@@H]43)cc12. The third kappa shape index (κ3) is 3.27. The molecule has 6 rings (SSSR count). The van der Waals surface area contributed by atoms with Gasteiger partial charge in [0.15, 0.2) is 0 Å². The van der Waals surface area contributed by atoms with Crippen LogP contribution in [0.5, 0.6) is 5.88 Å². The Kier molecular flexibility index (Phi) is 4.70. The van der Waals surface area contributed by atoms with Crippen molar-refractivity contribution < 1.29 is 27.1 Å². The largest absolute Gasteiger partial charge is 0.471 e. The van der Waals surface area contributed by atoms with Crippen molar-refractivity contribution in [1.29, 1.82) is 0 Å². The minimum atomic E-state index is -4.63. The number of imidazole rings is 1. The number of carbonyl (C=O) groups excluding carboxylic acids is 1. The van der Waals surface area contributed by atoms with Crippen molar-refractivity contribution in [1.82, 2.24) is 24.3 Å². The Labute approximate surface area is 201 Å². The first-order chi connectivity index (χ1) is 17.0. The van der Waals surface area contributed by atoms with E-state index in [0.29, 0.717) is 28.7 Å². The third-order valence-electron chi connectivity index (χ3n) is 6.84. The highest BCUT2D eigenvalue weighted by Crippen LogP contribution is 2.46. The smallest absolute Gasteiger partial charge is 0.433 e. The molecule has 3 atom stereocenters. The third-order valence-corrected chi connectivity index (χ3v) is 6.84. The summed E-state index contributed by atoms with van der Waals surface area (Å²) in [5, 5.41) is 0. The molecular formula is C24H20F4N6O2. The zero-order valence-electron chi connectivity index (χ0n) is 19.2. The molecule has 1 saturated heterocycles. The Balaban J connectivity index is 1.45. The molecule has 2 N–H and O–H groups in total. The normalized spacial score (nSPS) is 21.5. The lowest BCUT2D eigenvalue weighted by Gasteiger charge is -2.39. The molecule has 8 nitrogen and oxygen atoms in total. The number of rotatable bonds is 1. The number of amides is 1. The molecule has 186 valence electrons. The molecule has 1 fully saturated rings. The first-order valence-electron chi connectivity index (χ1n) is 11.3. The Morgan fingerprint density at radius 1 is 1.22 bits per heavy atom. The van der Waals surface area contributed by atoms with Crippen LogP contribution in [0.2, 0.25) is 0 Å². The van der Waals surface area contributed by atoms with Gasteiger partial charge in [-0.05, 0) is 37.5 Å². The summed E-state index contributed by atoms with van der Waals surface area (Å²) >= 11 is 0. The van der Waals surface area contributed by atoms with Gasteiger partial charge >= 0.3 is 6.18 Å². The molecule has 36 heavy (non-hydrogen) atoms. The van der Waals surface area contributed by atoms with Gasteiger partial charge in [-0.15, -0.1) is 0 Å². The molecule has 1 aromatic carbocycles. The number of aromatic nitrogens is 4. The van der Waals surface area contributed by atoms with Crippen LogP contribution in [-0.2, 0) is 6.18 Å². The molecule has 0 unspecified atom stereocenters. The van der Waals surface area contributed by atoms with Crippen LogP contribution < -0.4 is 10.5 Å². The van der Waals surface area contributed by atoms with Crippen LogP contribution in [-0.4, -0.2) is 42.8 Å². The number of nitrogen functional groups attached to an aromatic ring is 1. The highest BCUT2D eigenvalue weighted by molar-refractivity contribution is 5.99. The van der Waals surface area contributed by atoms with Crippen LogP contribution in [0.25, 0.3) is 16.6 Å². The average Bonchev–Trinajstić information content (AvgIpc) is 3.37. The number of nitrogens with two attached hydrogens (primary N) is 1. The number of carbonyl (C=O) groups is 1. The fourth-order valence-corrected chi connectivity index (χ4v) is 5.28. The molecule has 0 radical (unpaired) electrons. The van der Waals surface area contributed by atoms with Gasteiger partial charge < -0.3 is 15.4 Å². The zero-order valence-corrected chi connectivity index (χ0v) is 19.2. The monoisotopic (exact) mass is 500 g/mol. The van der Waals surface area contributed by atoms with Crippen molar-refractivity contribution in [3.05, 3.63) is 58.9 Å². The van der Waals surface area contributed by atoms with Gasteiger partial charge in [-0.25, -0.2) is 19.3 Å². The summed E-state index contributed by atoms with van der Waals surface area (Å²) in [4.78, 5) is 27.4. The number of likely N-dealkylation sites (tertiary alicyclic amines) is 1. The van der Waals surface area contributed by atoms with E-state index in [0.717, 1.165) is 12.1 Å². The van der Waals surface area contributed by atoms with E-state index < -0.39 is 35.7 Å². The number of piperidine rings is 1. The number of alkyl halides is 3. The number of hydrogen-bond donors (Lipinski definition) is 1. The fraction of sp³-hybridized carbons (Fsp3) is 0.333. The first-order valence-corrected chi connectivity index (χ1v) is 11.3. The van der Waals surface area contributed by atoms with Gasteiger partial charge in [0.05, 0.1) is 28.3 Å². The topological polar surface area (TPSA) is 98.6 Å². The lowest BCUT2D eigenvalue weighted by Crippen LogP contribution is -2.47. The summed E-state index contributed by atoms with van der Waals surface area (Å²) < 4.78 is 62.2. The summed E-state index contributed by atoms with van der Waals surface area (Å²) in [6.07, 6.45) is -3.17. The van der Waals surface area contributed by atoms with Crippen molar-refractivity contribution in [3.8, 4) is 5.88 Å². The maximum atomic E-state index is 15.3. The van der Waals surface area contributed by atoms with Crippen molar-refractivity contribution in [2.24, 2.45) is 5.92 Å². The summed E-state index contributed by atoms with van der Waals surface area (Å²) in [6, 6.07) is 4.02. The Morgan fingerprint density at radius 3 is 2.75 bits per heavy atom. The van der Waals surface area contributed by atoms with Crippen molar-refractivity contribution in [2.45, 2.75) is 38.6 Å². The highest BCUT2D eigenvalue weighted by Gasteiger charge is 2.47. The Hall–Kier alpha value is -3.96. The predicted octanol–water partition coefficient (Wildman–Crippen LogP) is 4.31. The molecule has 1 amide bonds. The maximum Gasteiger partial charge on any atom is 0.433 e. The fourth-order valence-electron chi connectivity index (χ4n) is 5.28. The highest BCUT2D eigenvalue weighted by atomic mass is 19.4. The molecule has 0 aliphatic carbocycles. The second-order valence-corrected chi connectivity index (χ2v) is 9.35. The van der Waals surface area contributed by atoms with Gasteiger partial charge in [0.2, 0.25) is 5.88 Å². The second-order valence-electron chi connectivity index (χ2n) is 9.35. The van der Waals surface area contributed by atoms with Gasteiger partial charge in [-0.3, -0.25) is 9.20 Å². The van der Waals surface area contributed by atoms with E-state index in [1.54, 1.807) is 11.3 Å². The molecule has 0 bridgehead atoms. The molecule has 12 heteroatoms.